The van der Waals surface area contributed by atoms with Gasteiger partial charge in [0.05, 0.1) is 27.7 Å². The van der Waals surface area contributed by atoms with Gasteiger partial charge in [0.1, 0.15) is 0 Å². The Balaban J connectivity index is 1.82. The van der Waals surface area contributed by atoms with Crippen LogP contribution in [0.2, 0.25) is 0 Å². The van der Waals surface area contributed by atoms with Crippen molar-refractivity contribution in [1.82, 2.24) is 20.2 Å². The lowest BCUT2D eigenvalue weighted by molar-refractivity contribution is 0.876. The van der Waals surface area contributed by atoms with E-state index in [4.69, 9.17) is 28.0 Å². The molecule has 0 bridgehead atoms. The van der Waals surface area contributed by atoms with Crippen LogP contribution in [0.1, 0.15) is 17.5 Å². The van der Waals surface area contributed by atoms with E-state index in [1.54, 1.807) is 0 Å². The summed E-state index contributed by atoms with van der Waals surface area (Å²) in [5.74, 6) is 0. The van der Waals surface area contributed by atoms with Gasteiger partial charge >= 0.3 is 0 Å². The lowest BCUT2D eigenvalue weighted by atomic mass is 10.1. The maximum atomic E-state index is 5.48. The Labute approximate surface area is 184 Å². The lowest BCUT2D eigenvalue weighted by Gasteiger charge is -2.03. The fraction of sp³-hybridized carbons (Fsp3) is 0.0909. The number of aryl methyl sites for hydroxylation is 1. The smallest absolute Gasteiger partial charge is 0.211 e. The molecule has 2 heterocycles. The van der Waals surface area contributed by atoms with Crippen molar-refractivity contribution in [1.29, 1.82) is 0 Å². The van der Waals surface area contributed by atoms with Crippen molar-refractivity contribution in [3.63, 3.8) is 0 Å². The minimum Gasteiger partial charge on any atom is -0.375 e. The Bertz CT molecular complexity index is 1210. The Morgan fingerprint density at radius 2 is 1.70 bits per heavy atom. The quantitative estimate of drug-likeness (QED) is 0.275. The highest BCUT2D eigenvalue weighted by molar-refractivity contribution is 7.80. The first-order chi connectivity index (χ1) is 14.5. The van der Waals surface area contributed by atoms with Gasteiger partial charge in [0.2, 0.25) is 5.13 Å². The standard InChI is InChI=1S/C22H20N6S2/c1-14-20(15(2)25-26-21(23)29)30-22(24-14)28-19(17-11-7-4-8-12-17)13-18(27-28)16-9-5-3-6-10-16/h3-13H,1-2H3,(H3,23,26,29). The minimum absolute atomic E-state index is 0.127. The molecule has 0 atom stereocenters. The van der Waals surface area contributed by atoms with Gasteiger partial charge < -0.3 is 5.73 Å². The summed E-state index contributed by atoms with van der Waals surface area (Å²) in [5, 5.41) is 10.0. The van der Waals surface area contributed by atoms with E-state index >= 15 is 0 Å². The van der Waals surface area contributed by atoms with E-state index in [9.17, 15) is 0 Å². The number of thiocarbonyl (C=S) groups is 1. The first-order valence-corrected chi connectivity index (χ1v) is 10.5. The predicted octanol–water partition coefficient (Wildman–Crippen LogP) is 4.53. The molecule has 0 saturated heterocycles. The van der Waals surface area contributed by atoms with E-state index in [2.05, 4.69) is 40.9 Å². The van der Waals surface area contributed by atoms with E-state index in [1.807, 2.05) is 54.9 Å². The zero-order valence-corrected chi connectivity index (χ0v) is 18.2. The summed E-state index contributed by atoms with van der Waals surface area (Å²) in [6, 6.07) is 22.4. The van der Waals surface area contributed by atoms with Crippen molar-refractivity contribution in [3.05, 3.63) is 77.3 Å². The van der Waals surface area contributed by atoms with Crippen molar-refractivity contribution < 1.29 is 0 Å². The summed E-state index contributed by atoms with van der Waals surface area (Å²) in [7, 11) is 0. The van der Waals surface area contributed by atoms with Gasteiger partial charge in [-0.1, -0.05) is 72.0 Å². The van der Waals surface area contributed by atoms with Gasteiger partial charge in [-0.05, 0) is 32.1 Å². The van der Waals surface area contributed by atoms with Crippen LogP contribution in [0.3, 0.4) is 0 Å². The maximum absolute atomic E-state index is 5.48. The molecule has 0 spiro atoms. The molecule has 0 amide bonds. The third kappa shape index (κ3) is 4.14. The molecule has 4 rings (SSSR count). The third-order valence-corrected chi connectivity index (χ3v) is 5.81. The molecule has 4 aromatic rings. The Morgan fingerprint density at radius 1 is 1.07 bits per heavy atom. The molecule has 0 unspecified atom stereocenters. The fourth-order valence-electron chi connectivity index (χ4n) is 3.09. The molecule has 2 aromatic carbocycles. The molecule has 8 heteroatoms. The summed E-state index contributed by atoms with van der Waals surface area (Å²) < 4.78 is 1.90. The normalized spacial score (nSPS) is 11.5. The molecule has 0 aliphatic heterocycles. The van der Waals surface area contributed by atoms with E-state index < -0.39 is 0 Å². The van der Waals surface area contributed by atoms with Gasteiger partial charge in [0, 0.05) is 11.1 Å². The number of hydrogen-bond acceptors (Lipinski definition) is 5. The van der Waals surface area contributed by atoms with Crippen LogP contribution in [0.25, 0.3) is 27.6 Å². The van der Waals surface area contributed by atoms with Gasteiger partial charge in [-0.15, -0.1) is 0 Å². The number of nitrogens with zero attached hydrogens (tertiary/aromatic N) is 4. The number of thiazole rings is 1. The van der Waals surface area contributed by atoms with Crippen LogP contribution in [-0.4, -0.2) is 25.6 Å². The Kier molecular flexibility index (Phi) is 5.69. The molecule has 2 aromatic heterocycles. The van der Waals surface area contributed by atoms with E-state index in [0.717, 1.165) is 43.9 Å². The summed E-state index contributed by atoms with van der Waals surface area (Å²) in [5.41, 5.74) is 13.8. The first kappa shape index (κ1) is 19.9. The number of hydrogen-bond donors (Lipinski definition) is 2. The molecule has 30 heavy (non-hydrogen) atoms. The van der Waals surface area contributed by atoms with Crippen LogP contribution in [0.4, 0.5) is 0 Å². The summed E-state index contributed by atoms with van der Waals surface area (Å²) in [6.45, 7) is 3.85. The minimum atomic E-state index is 0.127. The topological polar surface area (TPSA) is 81.1 Å². The second kappa shape index (κ2) is 8.56. The van der Waals surface area contributed by atoms with Crippen molar-refractivity contribution in [2.45, 2.75) is 13.8 Å². The molecule has 0 saturated carbocycles. The molecule has 0 aliphatic carbocycles. The Morgan fingerprint density at radius 3 is 2.33 bits per heavy atom. The van der Waals surface area contributed by atoms with Gasteiger partial charge in [-0.2, -0.15) is 10.2 Å². The van der Waals surface area contributed by atoms with Crippen molar-refractivity contribution in [3.8, 4) is 27.6 Å². The largest absolute Gasteiger partial charge is 0.375 e. The highest BCUT2D eigenvalue weighted by atomic mass is 32.1. The second-order valence-corrected chi connectivity index (χ2v) is 8.06. The average Bonchev–Trinajstić information content (AvgIpc) is 3.37. The number of hydrazone groups is 1. The van der Waals surface area contributed by atoms with Crippen LogP contribution in [0.5, 0.6) is 0 Å². The van der Waals surface area contributed by atoms with E-state index in [-0.39, 0.29) is 5.11 Å². The molecule has 0 fully saturated rings. The number of aromatic nitrogens is 3. The van der Waals surface area contributed by atoms with Crippen LogP contribution >= 0.6 is 23.6 Å². The number of rotatable bonds is 5. The number of nitrogens with one attached hydrogen (secondary N) is 1. The van der Waals surface area contributed by atoms with Crippen LogP contribution < -0.4 is 11.2 Å². The monoisotopic (exact) mass is 432 g/mol. The van der Waals surface area contributed by atoms with E-state index in [0.29, 0.717) is 0 Å². The summed E-state index contributed by atoms with van der Waals surface area (Å²) >= 11 is 6.36. The summed E-state index contributed by atoms with van der Waals surface area (Å²) in [4.78, 5) is 5.72. The van der Waals surface area contributed by atoms with Crippen molar-refractivity contribution in [2.75, 3.05) is 0 Å². The zero-order chi connectivity index (χ0) is 21.1. The number of benzene rings is 2. The van der Waals surface area contributed by atoms with Crippen LogP contribution in [0, 0.1) is 6.92 Å². The highest BCUT2D eigenvalue weighted by Gasteiger charge is 2.18. The van der Waals surface area contributed by atoms with Gasteiger partial charge in [0.25, 0.3) is 0 Å². The molecule has 150 valence electrons. The second-order valence-electron chi connectivity index (χ2n) is 6.64. The molecule has 3 N–H and O–H groups in total. The number of nitrogens with two attached hydrogens (primary N) is 1. The third-order valence-electron chi connectivity index (χ3n) is 4.48. The fourth-order valence-corrected chi connectivity index (χ4v) is 4.11. The van der Waals surface area contributed by atoms with Crippen molar-refractivity contribution >= 4 is 34.4 Å². The first-order valence-electron chi connectivity index (χ1n) is 9.32. The SMILES string of the molecule is CC(=NNC(N)=S)c1sc(-n2nc(-c3ccccc3)cc2-c2ccccc2)nc1C. The maximum Gasteiger partial charge on any atom is 0.211 e. The molecular weight excluding hydrogens is 412 g/mol. The lowest BCUT2D eigenvalue weighted by Crippen LogP contribution is -2.25. The zero-order valence-electron chi connectivity index (χ0n) is 16.5. The average molecular weight is 433 g/mol. The van der Waals surface area contributed by atoms with Gasteiger partial charge in [-0.25, -0.2) is 9.67 Å². The molecular formula is C22H20N6S2. The van der Waals surface area contributed by atoms with Crippen molar-refractivity contribution in [2.24, 2.45) is 10.8 Å². The van der Waals surface area contributed by atoms with E-state index in [1.165, 1.54) is 11.3 Å². The summed E-state index contributed by atoms with van der Waals surface area (Å²) in [6.07, 6.45) is 0. The van der Waals surface area contributed by atoms with Crippen LogP contribution in [0.15, 0.2) is 71.8 Å². The Hall–Kier alpha value is -3.36. The molecule has 6 nitrogen and oxygen atoms in total. The molecule has 0 aliphatic rings. The van der Waals surface area contributed by atoms with Gasteiger partial charge in [0.15, 0.2) is 5.11 Å². The van der Waals surface area contributed by atoms with Crippen LogP contribution in [-0.2, 0) is 0 Å². The van der Waals surface area contributed by atoms with Gasteiger partial charge in [-0.3, -0.25) is 5.43 Å². The highest BCUT2D eigenvalue weighted by Crippen LogP contribution is 2.31. The predicted molar refractivity (Wildman–Crippen MR) is 127 cm³/mol. The molecule has 0 radical (unpaired) electrons.